The Bertz CT molecular complexity index is 735. The van der Waals surface area contributed by atoms with Gasteiger partial charge in [-0.2, -0.15) is 5.26 Å². The van der Waals surface area contributed by atoms with E-state index < -0.39 is 0 Å². The van der Waals surface area contributed by atoms with Crippen molar-refractivity contribution in [2.45, 2.75) is 50.9 Å². The lowest BCUT2D eigenvalue weighted by atomic mass is 9.79. The van der Waals surface area contributed by atoms with Crippen molar-refractivity contribution in [1.29, 1.82) is 5.26 Å². The van der Waals surface area contributed by atoms with Crippen LogP contribution in [-0.2, 0) is 0 Å². The number of nitriles is 1. The minimum Gasteiger partial charge on any atom is -0.192 e. The van der Waals surface area contributed by atoms with Crippen molar-refractivity contribution in [2.24, 2.45) is 11.8 Å². The second-order valence-electron chi connectivity index (χ2n) is 7.84. The quantitative estimate of drug-likeness (QED) is 0.672. The fourth-order valence-corrected chi connectivity index (χ4v) is 4.53. The van der Waals surface area contributed by atoms with Crippen LogP contribution in [-0.4, -0.2) is 0 Å². The van der Waals surface area contributed by atoms with Gasteiger partial charge in [0, 0.05) is 0 Å². The third-order valence-corrected chi connectivity index (χ3v) is 6.17. The van der Waals surface area contributed by atoms with E-state index in [4.69, 9.17) is 5.26 Å². The molecule has 2 aliphatic rings. The molecule has 0 saturated heterocycles. The number of benzene rings is 2. The minimum atomic E-state index is 0.668. The maximum absolute atomic E-state index is 9.00. The Balaban J connectivity index is 1.52. The van der Waals surface area contributed by atoms with Crippen molar-refractivity contribution in [3.63, 3.8) is 0 Å². The van der Waals surface area contributed by atoms with Crippen LogP contribution < -0.4 is 0 Å². The predicted molar refractivity (Wildman–Crippen MR) is 97.9 cm³/mol. The summed E-state index contributed by atoms with van der Waals surface area (Å²) in [6, 6.07) is 19.8. The summed E-state index contributed by atoms with van der Waals surface area (Å²) in [6.45, 7) is 2.17. The van der Waals surface area contributed by atoms with Gasteiger partial charge >= 0.3 is 0 Å². The Labute approximate surface area is 145 Å². The van der Waals surface area contributed by atoms with Gasteiger partial charge in [-0.25, -0.2) is 0 Å². The summed E-state index contributed by atoms with van der Waals surface area (Å²) in [6.07, 6.45) is 6.71. The third kappa shape index (κ3) is 3.24. The molecule has 0 heterocycles. The highest BCUT2D eigenvalue weighted by Crippen LogP contribution is 2.53. The van der Waals surface area contributed by atoms with Gasteiger partial charge in [0.25, 0.3) is 0 Å². The number of hydrogen-bond donors (Lipinski definition) is 0. The topological polar surface area (TPSA) is 23.8 Å². The Morgan fingerprint density at radius 1 is 0.750 bits per heavy atom. The van der Waals surface area contributed by atoms with Crippen molar-refractivity contribution in [2.75, 3.05) is 0 Å². The number of fused-ring (bicyclic) bond motifs is 1. The van der Waals surface area contributed by atoms with Gasteiger partial charge in [0.15, 0.2) is 0 Å². The zero-order valence-corrected chi connectivity index (χ0v) is 14.4. The van der Waals surface area contributed by atoms with Gasteiger partial charge in [0.05, 0.1) is 11.6 Å². The molecule has 3 unspecified atom stereocenters. The van der Waals surface area contributed by atoms with E-state index in [-0.39, 0.29) is 0 Å². The van der Waals surface area contributed by atoms with Crippen LogP contribution in [0.1, 0.15) is 66.2 Å². The molecule has 2 aromatic rings. The number of aryl methyl sites for hydroxylation is 1. The van der Waals surface area contributed by atoms with Crippen LogP contribution in [0, 0.1) is 30.1 Å². The summed E-state index contributed by atoms with van der Waals surface area (Å²) in [7, 11) is 0. The van der Waals surface area contributed by atoms with Gasteiger partial charge in [0.2, 0.25) is 0 Å². The van der Waals surface area contributed by atoms with Crippen molar-refractivity contribution >= 4 is 0 Å². The predicted octanol–water partition coefficient (Wildman–Crippen LogP) is 5.94. The molecule has 0 aromatic heterocycles. The van der Waals surface area contributed by atoms with Gasteiger partial charge in [-0.15, -0.1) is 0 Å². The highest BCUT2D eigenvalue weighted by atomic mass is 14.5. The average Bonchev–Trinajstić information content (AvgIpc) is 3.32. The van der Waals surface area contributed by atoms with Crippen LogP contribution in [0.4, 0.5) is 0 Å². The van der Waals surface area contributed by atoms with Gasteiger partial charge in [-0.3, -0.25) is 0 Å². The highest BCUT2D eigenvalue weighted by molar-refractivity contribution is 5.33. The fourth-order valence-electron chi connectivity index (χ4n) is 4.53. The van der Waals surface area contributed by atoms with E-state index in [2.05, 4.69) is 49.4 Å². The lowest BCUT2D eigenvalue weighted by Gasteiger charge is -2.25. The molecule has 1 heteroatoms. The molecule has 0 spiro atoms. The molecule has 4 atom stereocenters. The lowest BCUT2D eigenvalue weighted by Crippen LogP contribution is -2.10. The first kappa shape index (κ1) is 15.5. The molecule has 24 heavy (non-hydrogen) atoms. The molecule has 0 aliphatic heterocycles. The molecular weight excluding hydrogens is 290 g/mol. The summed E-state index contributed by atoms with van der Waals surface area (Å²) >= 11 is 0. The Morgan fingerprint density at radius 3 is 1.75 bits per heavy atom. The van der Waals surface area contributed by atoms with E-state index in [1.165, 1.54) is 48.8 Å². The van der Waals surface area contributed by atoms with E-state index in [9.17, 15) is 0 Å². The van der Waals surface area contributed by atoms with Crippen LogP contribution in [0.5, 0.6) is 0 Å². The Kier molecular flexibility index (Phi) is 4.15. The lowest BCUT2D eigenvalue weighted by molar-refractivity contribution is 0.404. The molecule has 2 saturated carbocycles. The SMILES string of the molecule is Cc1ccc(C2CCC(c3ccc(C#N)cc3)C[C@@H]3CC3C2)cc1. The summed E-state index contributed by atoms with van der Waals surface area (Å²) in [5, 5.41) is 9.00. The summed E-state index contributed by atoms with van der Waals surface area (Å²) in [4.78, 5) is 0. The molecule has 0 bridgehead atoms. The summed E-state index contributed by atoms with van der Waals surface area (Å²) < 4.78 is 0. The molecule has 2 aromatic carbocycles. The molecule has 0 amide bonds. The molecule has 2 fully saturated rings. The third-order valence-electron chi connectivity index (χ3n) is 6.17. The minimum absolute atomic E-state index is 0.668. The number of hydrogen-bond acceptors (Lipinski definition) is 1. The van der Waals surface area contributed by atoms with Crippen LogP contribution in [0.3, 0.4) is 0 Å². The number of nitrogens with zero attached hydrogens (tertiary/aromatic N) is 1. The number of rotatable bonds is 2. The smallest absolute Gasteiger partial charge is 0.0991 e. The van der Waals surface area contributed by atoms with Gasteiger partial charge in [-0.05, 0) is 86.0 Å². The van der Waals surface area contributed by atoms with Crippen LogP contribution in [0.25, 0.3) is 0 Å². The largest absolute Gasteiger partial charge is 0.192 e. The van der Waals surface area contributed by atoms with E-state index in [0.29, 0.717) is 5.92 Å². The monoisotopic (exact) mass is 315 g/mol. The van der Waals surface area contributed by atoms with Crippen LogP contribution in [0.2, 0.25) is 0 Å². The van der Waals surface area contributed by atoms with Crippen LogP contribution in [0.15, 0.2) is 48.5 Å². The summed E-state index contributed by atoms with van der Waals surface area (Å²) in [5.41, 5.74) is 5.09. The van der Waals surface area contributed by atoms with Gasteiger partial charge < -0.3 is 0 Å². The normalized spacial score (nSPS) is 29.0. The molecule has 122 valence electrons. The first-order chi connectivity index (χ1) is 11.7. The summed E-state index contributed by atoms with van der Waals surface area (Å²) in [5.74, 6) is 3.26. The molecule has 0 N–H and O–H groups in total. The van der Waals surface area contributed by atoms with E-state index in [0.717, 1.165) is 23.3 Å². The maximum Gasteiger partial charge on any atom is 0.0991 e. The van der Waals surface area contributed by atoms with Crippen molar-refractivity contribution in [3.05, 3.63) is 70.8 Å². The molecule has 4 rings (SSSR count). The van der Waals surface area contributed by atoms with Crippen molar-refractivity contribution in [1.82, 2.24) is 0 Å². The zero-order chi connectivity index (χ0) is 16.5. The van der Waals surface area contributed by atoms with E-state index in [1.807, 2.05) is 12.1 Å². The average molecular weight is 315 g/mol. The molecular formula is C23H25N. The Morgan fingerprint density at radius 2 is 1.25 bits per heavy atom. The van der Waals surface area contributed by atoms with Crippen molar-refractivity contribution < 1.29 is 0 Å². The first-order valence-corrected chi connectivity index (χ1v) is 9.29. The van der Waals surface area contributed by atoms with E-state index in [1.54, 1.807) is 0 Å². The first-order valence-electron chi connectivity index (χ1n) is 9.29. The standard InChI is InChI=1S/C23H25N/c1-16-2-6-18(7-3-16)20-10-11-21(13-23-14-22(23)12-20)19-8-4-17(15-24)5-9-19/h2-9,20-23H,10-14H2,1H3/t20?,21?,22?,23-/m1/s1. The van der Waals surface area contributed by atoms with Gasteiger partial charge in [0.1, 0.15) is 0 Å². The van der Waals surface area contributed by atoms with Gasteiger partial charge in [-0.1, -0.05) is 42.0 Å². The molecule has 0 radical (unpaired) electrons. The zero-order valence-electron chi connectivity index (χ0n) is 14.4. The fraction of sp³-hybridized carbons (Fsp3) is 0.435. The maximum atomic E-state index is 9.00. The van der Waals surface area contributed by atoms with Crippen LogP contribution >= 0.6 is 0 Å². The highest BCUT2D eigenvalue weighted by Gasteiger charge is 2.41. The second-order valence-corrected chi connectivity index (χ2v) is 7.84. The van der Waals surface area contributed by atoms with E-state index >= 15 is 0 Å². The molecule has 2 aliphatic carbocycles. The molecule has 1 nitrogen and oxygen atoms in total. The Hall–Kier alpha value is -2.07. The second kappa shape index (κ2) is 6.44. The van der Waals surface area contributed by atoms with Crippen molar-refractivity contribution in [3.8, 4) is 6.07 Å².